The Labute approximate surface area is 136 Å². The highest BCUT2D eigenvalue weighted by molar-refractivity contribution is 7.80. The van der Waals surface area contributed by atoms with Gasteiger partial charge >= 0.3 is 0 Å². The zero-order chi connectivity index (χ0) is 15.3. The van der Waals surface area contributed by atoms with Crippen LogP contribution in [0.25, 0.3) is 0 Å². The van der Waals surface area contributed by atoms with E-state index < -0.39 is 0 Å². The second-order valence-electron chi connectivity index (χ2n) is 7.84. The first kappa shape index (κ1) is 17.1. The maximum atomic E-state index is 5.52. The van der Waals surface area contributed by atoms with Crippen molar-refractivity contribution in [3.05, 3.63) is 0 Å². The molecule has 0 atom stereocenters. The van der Waals surface area contributed by atoms with Crippen molar-refractivity contribution in [3.8, 4) is 0 Å². The summed E-state index contributed by atoms with van der Waals surface area (Å²) in [5, 5.41) is 8.02. The van der Waals surface area contributed by atoms with Crippen LogP contribution in [0.2, 0.25) is 0 Å². The summed E-state index contributed by atoms with van der Waals surface area (Å²) in [5.74, 6) is 0.889. The molecule has 2 aliphatic rings. The average molecular weight is 311 g/mol. The molecule has 0 unspecified atom stereocenters. The molecule has 2 saturated carbocycles. The van der Waals surface area contributed by atoms with Crippen LogP contribution >= 0.6 is 12.2 Å². The molecule has 0 bridgehead atoms. The van der Waals surface area contributed by atoms with Gasteiger partial charge in [0.15, 0.2) is 5.11 Å². The summed E-state index contributed by atoms with van der Waals surface area (Å²) in [5.41, 5.74) is 0.506. The van der Waals surface area contributed by atoms with Crippen LogP contribution in [0.3, 0.4) is 0 Å². The van der Waals surface area contributed by atoms with Crippen molar-refractivity contribution in [1.29, 1.82) is 0 Å². The fourth-order valence-corrected chi connectivity index (χ4v) is 4.30. The first-order valence-electron chi connectivity index (χ1n) is 9.08. The van der Waals surface area contributed by atoms with Crippen LogP contribution in [0.5, 0.6) is 0 Å². The van der Waals surface area contributed by atoms with Crippen molar-refractivity contribution in [2.24, 2.45) is 11.3 Å². The first-order valence-corrected chi connectivity index (χ1v) is 9.49. The van der Waals surface area contributed by atoms with Gasteiger partial charge in [-0.15, -0.1) is 0 Å². The maximum absolute atomic E-state index is 5.52. The molecule has 0 radical (unpaired) electrons. The van der Waals surface area contributed by atoms with Gasteiger partial charge in [0.05, 0.1) is 0 Å². The Morgan fingerprint density at radius 2 is 1.43 bits per heavy atom. The van der Waals surface area contributed by atoms with E-state index in [0.717, 1.165) is 11.0 Å². The third-order valence-electron chi connectivity index (χ3n) is 6.02. The van der Waals surface area contributed by atoms with Gasteiger partial charge in [0.2, 0.25) is 0 Å². The minimum atomic E-state index is 0.506. The van der Waals surface area contributed by atoms with Crippen LogP contribution in [0.4, 0.5) is 0 Å². The van der Waals surface area contributed by atoms with Gasteiger partial charge in [0.1, 0.15) is 0 Å². The normalized spacial score (nSPS) is 28.1. The van der Waals surface area contributed by atoms with Crippen molar-refractivity contribution in [3.63, 3.8) is 0 Å². The third-order valence-corrected chi connectivity index (χ3v) is 6.25. The number of thiocarbonyl (C=S) groups is 1. The van der Waals surface area contributed by atoms with Crippen LogP contribution in [0.1, 0.15) is 85.0 Å². The second-order valence-corrected chi connectivity index (χ2v) is 8.25. The summed E-state index contributed by atoms with van der Waals surface area (Å²) in [4.78, 5) is 0. The van der Waals surface area contributed by atoms with Gasteiger partial charge < -0.3 is 10.6 Å². The van der Waals surface area contributed by atoms with Gasteiger partial charge in [-0.2, -0.15) is 0 Å². The van der Waals surface area contributed by atoms with E-state index in [9.17, 15) is 0 Å². The predicted octanol–water partition coefficient (Wildman–Crippen LogP) is 4.78. The smallest absolute Gasteiger partial charge is 0.166 e. The van der Waals surface area contributed by atoms with Crippen LogP contribution in [-0.2, 0) is 0 Å². The molecule has 2 rings (SSSR count). The maximum Gasteiger partial charge on any atom is 0.166 e. The van der Waals surface area contributed by atoms with E-state index in [4.69, 9.17) is 12.2 Å². The molecule has 0 amide bonds. The lowest BCUT2D eigenvalue weighted by atomic mass is 9.69. The van der Waals surface area contributed by atoms with Gasteiger partial charge in [-0.3, -0.25) is 0 Å². The number of rotatable bonds is 4. The summed E-state index contributed by atoms with van der Waals surface area (Å²) in [6.07, 6.45) is 13.2. The molecule has 2 nitrogen and oxygen atoms in total. The van der Waals surface area contributed by atoms with E-state index in [2.05, 4.69) is 31.4 Å². The molecule has 0 spiro atoms. The second kappa shape index (κ2) is 7.80. The van der Waals surface area contributed by atoms with E-state index in [1.165, 1.54) is 64.2 Å². The highest BCUT2D eigenvalue weighted by atomic mass is 32.1. The van der Waals surface area contributed by atoms with Gasteiger partial charge in [0, 0.05) is 12.1 Å². The molecular formula is C18H34N2S. The highest BCUT2D eigenvalue weighted by Gasteiger charge is 2.32. The minimum absolute atomic E-state index is 0.506. The Kier molecular flexibility index (Phi) is 6.34. The lowest BCUT2D eigenvalue weighted by Gasteiger charge is -2.39. The van der Waals surface area contributed by atoms with Crippen molar-refractivity contribution < 1.29 is 0 Å². The SMILES string of the molecule is CCC(C)(C)C1CCC(NC(=S)NC2CCCCC2)CC1. The van der Waals surface area contributed by atoms with Crippen LogP contribution in [0.15, 0.2) is 0 Å². The molecule has 2 aliphatic carbocycles. The van der Waals surface area contributed by atoms with Crippen molar-refractivity contribution >= 4 is 17.3 Å². The predicted molar refractivity (Wildman–Crippen MR) is 95.6 cm³/mol. The Morgan fingerprint density at radius 3 is 1.95 bits per heavy atom. The Hall–Kier alpha value is -0.310. The third kappa shape index (κ3) is 5.12. The molecule has 0 aromatic heterocycles. The largest absolute Gasteiger partial charge is 0.360 e. The molecule has 0 aromatic carbocycles. The standard InChI is InChI=1S/C18H34N2S/c1-4-18(2,3)14-10-12-16(13-11-14)20-17(21)19-15-8-6-5-7-9-15/h14-16H,4-13H2,1-3H3,(H2,19,20,21). The summed E-state index contributed by atoms with van der Waals surface area (Å²) in [6, 6.07) is 1.21. The van der Waals surface area contributed by atoms with E-state index in [0.29, 0.717) is 17.5 Å². The van der Waals surface area contributed by atoms with E-state index >= 15 is 0 Å². The molecule has 0 saturated heterocycles. The van der Waals surface area contributed by atoms with E-state index in [1.54, 1.807) is 0 Å². The topological polar surface area (TPSA) is 24.1 Å². The van der Waals surface area contributed by atoms with Crippen LogP contribution < -0.4 is 10.6 Å². The molecule has 21 heavy (non-hydrogen) atoms. The van der Waals surface area contributed by atoms with Crippen LogP contribution in [0, 0.1) is 11.3 Å². The summed E-state index contributed by atoms with van der Waals surface area (Å²) in [7, 11) is 0. The van der Waals surface area contributed by atoms with Gasteiger partial charge in [-0.1, -0.05) is 46.5 Å². The number of hydrogen-bond donors (Lipinski definition) is 2. The minimum Gasteiger partial charge on any atom is -0.360 e. The molecule has 0 heterocycles. The Balaban J connectivity index is 1.69. The zero-order valence-electron chi connectivity index (χ0n) is 14.2. The molecule has 2 fully saturated rings. The zero-order valence-corrected chi connectivity index (χ0v) is 15.0. The molecule has 0 aromatic rings. The fraction of sp³-hybridized carbons (Fsp3) is 0.944. The van der Waals surface area contributed by atoms with Crippen molar-refractivity contribution in [2.45, 2.75) is 97.1 Å². The van der Waals surface area contributed by atoms with Crippen molar-refractivity contribution in [2.75, 3.05) is 0 Å². The quantitative estimate of drug-likeness (QED) is 0.731. The summed E-state index contributed by atoms with van der Waals surface area (Å²) in [6.45, 7) is 7.19. The number of nitrogens with one attached hydrogen (secondary N) is 2. The lowest BCUT2D eigenvalue weighted by Crippen LogP contribution is -2.48. The Morgan fingerprint density at radius 1 is 0.905 bits per heavy atom. The first-order chi connectivity index (χ1) is 10.0. The lowest BCUT2D eigenvalue weighted by molar-refractivity contribution is 0.141. The van der Waals surface area contributed by atoms with E-state index in [-0.39, 0.29) is 0 Å². The van der Waals surface area contributed by atoms with Gasteiger partial charge in [-0.05, 0) is 62.1 Å². The number of hydrogen-bond acceptors (Lipinski definition) is 1. The molecule has 2 N–H and O–H groups in total. The average Bonchev–Trinajstić information content (AvgIpc) is 2.48. The molecule has 0 aliphatic heterocycles. The molecule has 122 valence electrons. The molecule has 3 heteroatoms. The van der Waals surface area contributed by atoms with Crippen molar-refractivity contribution in [1.82, 2.24) is 10.6 Å². The van der Waals surface area contributed by atoms with Gasteiger partial charge in [0.25, 0.3) is 0 Å². The highest BCUT2D eigenvalue weighted by Crippen LogP contribution is 2.40. The molecular weight excluding hydrogens is 276 g/mol. The summed E-state index contributed by atoms with van der Waals surface area (Å²) < 4.78 is 0. The summed E-state index contributed by atoms with van der Waals surface area (Å²) >= 11 is 5.52. The van der Waals surface area contributed by atoms with Gasteiger partial charge in [-0.25, -0.2) is 0 Å². The van der Waals surface area contributed by atoms with E-state index in [1.807, 2.05) is 0 Å². The Bertz CT molecular complexity index is 326. The fourth-order valence-electron chi connectivity index (χ4n) is 3.97. The van der Waals surface area contributed by atoms with Crippen LogP contribution in [-0.4, -0.2) is 17.2 Å². The monoisotopic (exact) mass is 310 g/mol.